The van der Waals surface area contributed by atoms with E-state index in [4.69, 9.17) is 25.8 Å². The molecule has 1 N–H and O–H groups in total. The van der Waals surface area contributed by atoms with Crippen molar-refractivity contribution in [1.82, 2.24) is 0 Å². The summed E-state index contributed by atoms with van der Waals surface area (Å²) in [6.45, 7) is 1.21. The molecule has 0 aliphatic heterocycles. The number of anilines is 2. The van der Waals surface area contributed by atoms with E-state index in [2.05, 4.69) is 5.32 Å². The van der Waals surface area contributed by atoms with E-state index in [1.807, 2.05) is 13.0 Å². The van der Waals surface area contributed by atoms with E-state index in [9.17, 15) is 17.6 Å². The second-order valence-corrected chi connectivity index (χ2v) is 9.65. The summed E-state index contributed by atoms with van der Waals surface area (Å²) < 4.78 is 57.6. The molecule has 0 aliphatic carbocycles. The molecule has 0 aliphatic rings. The number of amides is 1. The number of nitrogens with zero attached hydrogens (tertiary/aromatic N) is 1. The SMILES string of the molecule is COc1ccc(C)cc1NC(=O)CN(c1ccc(F)c(Cl)c1)S(=O)(=O)c1ccc(OC)c(OC)c1. The van der Waals surface area contributed by atoms with Crippen LogP contribution >= 0.6 is 11.6 Å². The fourth-order valence-electron chi connectivity index (χ4n) is 3.30. The lowest BCUT2D eigenvalue weighted by Gasteiger charge is -2.25. The lowest BCUT2D eigenvalue weighted by atomic mass is 10.2. The van der Waals surface area contributed by atoms with Gasteiger partial charge in [-0.1, -0.05) is 17.7 Å². The molecule has 3 aromatic rings. The number of aryl methyl sites for hydroxylation is 1. The Morgan fingerprint density at radius 1 is 0.943 bits per heavy atom. The van der Waals surface area contributed by atoms with Crippen LogP contribution in [0.3, 0.4) is 0 Å². The van der Waals surface area contributed by atoms with Crippen LogP contribution in [0.25, 0.3) is 0 Å². The number of hydrogen-bond acceptors (Lipinski definition) is 6. The Labute approximate surface area is 208 Å². The summed E-state index contributed by atoms with van der Waals surface area (Å²) in [6.07, 6.45) is 0. The first kappa shape index (κ1) is 26.1. The van der Waals surface area contributed by atoms with E-state index in [-0.39, 0.29) is 21.4 Å². The van der Waals surface area contributed by atoms with Gasteiger partial charge in [-0.15, -0.1) is 0 Å². The molecule has 0 saturated carbocycles. The van der Waals surface area contributed by atoms with Crippen molar-refractivity contribution in [3.8, 4) is 17.2 Å². The first-order chi connectivity index (χ1) is 16.6. The van der Waals surface area contributed by atoms with Gasteiger partial charge >= 0.3 is 0 Å². The summed E-state index contributed by atoms with van der Waals surface area (Å²) in [5.74, 6) is -0.471. The molecule has 3 rings (SSSR count). The average molecular weight is 523 g/mol. The van der Waals surface area contributed by atoms with Crippen LogP contribution < -0.4 is 23.8 Å². The second kappa shape index (κ2) is 10.8. The Kier molecular flexibility index (Phi) is 8.08. The minimum atomic E-state index is -4.33. The maximum atomic E-state index is 13.8. The molecule has 0 saturated heterocycles. The normalized spacial score (nSPS) is 11.0. The van der Waals surface area contributed by atoms with Crippen LogP contribution in [0.2, 0.25) is 5.02 Å². The number of rotatable bonds is 9. The molecule has 1 amide bonds. The third-order valence-electron chi connectivity index (χ3n) is 5.05. The number of benzene rings is 3. The zero-order valence-corrected chi connectivity index (χ0v) is 21.0. The van der Waals surface area contributed by atoms with Gasteiger partial charge < -0.3 is 19.5 Å². The highest BCUT2D eigenvalue weighted by Gasteiger charge is 2.29. The minimum Gasteiger partial charge on any atom is -0.495 e. The van der Waals surface area contributed by atoms with Gasteiger partial charge in [0, 0.05) is 6.07 Å². The van der Waals surface area contributed by atoms with E-state index in [0.717, 1.165) is 22.0 Å². The van der Waals surface area contributed by atoms with Gasteiger partial charge in [-0.3, -0.25) is 9.10 Å². The van der Waals surface area contributed by atoms with Crippen molar-refractivity contribution in [3.63, 3.8) is 0 Å². The Bertz CT molecular complexity index is 1350. The molecule has 35 heavy (non-hydrogen) atoms. The molecular formula is C24H24ClFN2O6S. The van der Waals surface area contributed by atoms with Crippen LogP contribution in [-0.2, 0) is 14.8 Å². The predicted octanol–water partition coefficient (Wildman–Crippen LogP) is 4.65. The molecule has 0 bridgehead atoms. The number of hydrogen-bond donors (Lipinski definition) is 1. The number of ether oxygens (including phenoxy) is 3. The van der Waals surface area contributed by atoms with Gasteiger partial charge in [-0.25, -0.2) is 12.8 Å². The molecular weight excluding hydrogens is 499 g/mol. The summed E-state index contributed by atoms with van der Waals surface area (Å²) in [4.78, 5) is 12.8. The Balaban J connectivity index is 2.04. The smallest absolute Gasteiger partial charge is 0.264 e. The molecule has 0 heterocycles. The summed E-state index contributed by atoms with van der Waals surface area (Å²) in [5.41, 5.74) is 1.23. The van der Waals surface area contributed by atoms with Crippen LogP contribution in [0.4, 0.5) is 15.8 Å². The monoisotopic (exact) mass is 522 g/mol. The Morgan fingerprint density at radius 2 is 1.60 bits per heavy atom. The van der Waals surface area contributed by atoms with E-state index >= 15 is 0 Å². The van der Waals surface area contributed by atoms with Gasteiger partial charge in [-0.05, 0) is 55.0 Å². The van der Waals surface area contributed by atoms with Crippen LogP contribution in [0.1, 0.15) is 5.56 Å². The lowest BCUT2D eigenvalue weighted by molar-refractivity contribution is -0.114. The second-order valence-electron chi connectivity index (χ2n) is 7.38. The van der Waals surface area contributed by atoms with Gasteiger partial charge in [0.2, 0.25) is 5.91 Å². The molecule has 0 unspecified atom stereocenters. The van der Waals surface area contributed by atoms with Gasteiger partial charge in [-0.2, -0.15) is 0 Å². The fraction of sp³-hybridized carbons (Fsp3) is 0.208. The summed E-state index contributed by atoms with van der Waals surface area (Å²) in [6, 6.07) is 12.6. The number of methoxy groups -OCH3 is 3. The van der Waals surface area contributed by atoms with Gasteiger partial charge in [0.25, 0.3) is 10.0 Å². The van der Waals surface area contributed by atoms with Crippen LogP contribution in [0, 0.1) is 12.7 Å². The molecule has 0 aromatic heterocycles. The summed E-state index contributed by atoms with van der Waals surface area (Å²) in [7, 11) is -0.0860. The Hall–Kier alpha value is -3.50. The van der Waals surface area contributed by atoms with Crippen molar-refractivity contribution in [2.45, 2.75) is 11.8 Å². The molecule has 0 spiro atoms. The Morgan fingerprint density at radius 3 is 2.23 bits per heavy atom. The average Bonchev–Trinajstić information content (AvgIpc) is 2.84. The highest BCUT2D eigenvalue weighted by molar-refractivity contribution is 7.92. The van der Waals surface area contributed by atoms with E-state index < -0.39 is 28.3 Å². The molecule has 0 atom stereocenters. The molecule has 11 heteroatoms. The van der Waals surface area contributed by atoms with Crippen LogP contribution in [0.5, 0.6) is 17.2 Å². The first-order valence-corrected chi connectivity index (χ1v) is 12.1. The first-order valence-electron chi connectivity index (χ1n) is 10.2. The molecule has 3 aromatic carbocycles. The molecule has 186 valence electrons. The minimum absolute atomic E-state index is 0.00228. The highest BCUT2D eigenvalue weighted by Crippen LogP contribution is 2.33. The van der Waals surface area contributed by atoms with Crippen molar-refractivity contribution >= 4 is 38.9 Å². The number of carbonyl (C=O) groups is 1. The number of halogens is 2. The van der Waals surface area contributed by atoms with Crippen LogP contribution in [0.15, 0.2) is 59.5 Å². The van der Waals surface area contributed by atoms with E-state index in [1.54, 1.807) is 12.1 Å². The zero-order chi connectivity index (χ0) is 25.8. The van der Waals surface area contributed by atoms with Gasteiger partial charge in [0.1, 0.15) is 18.1 Å². The molecule has 8 nitrogen and oxygen atoms in total. The third-order valence-corrected chi connectivity index (χ3v) is 7.11. The molecule has 0 radical (unpaired) electrons. The highest BCUT2D eigenvalue weighted by atomic mass is 35.5. The van der Waals surface area contributed by atoms with Crippen molar-refractivity contribution in [3.05, 3.63) is 71.0 Å². The van der Waals surface area contributed by atoms with Gasteiger partial charge in [0.15, 0.2) is 11.5 Å². The zero-order valence-electron chi connectivity index (χ0n) is 19.5. The van der Waals surface area contributed by atoms with E-state index in [0.29, 0.717) is 17.2 Å². The maximum absolute atomic E-state index is 13.8. The largest absolute Gasteiger partial charge is 0.495 e. The van der Waals surface area contributed by atoms with Crippen molar-refractivity contribution < 1.29 is 31.8 Å². The maximum Gasteiger partial charge on any atom is 0.264 e. The lowest BCUT2D eigenvalue weighted by Crippen LogP contribution is -2.38. The summed E-state index contributed by atoms with van der Waals surface area (Å²) >= 11 is 5.91. The standard InChI is InChI=1S/C24H24ClFN2O6S/c1-15-5-9-21(32-2)20(11-15)27-24(29)14-28(16-6-8-19(26)18(25)12-16)35(30,31)17-7-10-22(33-3)23(13-17)34-4/h5-13H,14H2,1-4H3,(H,27,29). The van der Waals surface area contributed by atoms with Gasteiger partial charge in [0.05, 0.1) is 42.6 Å². The fourth-order valence-corrected chi connectivity index (χ4v) is 4.90. The van der Waals surface area contributed by atoms with Crippen molar-refractivity contribution in [2.75, 3.05) is 37.5 Å². The predicted molar refractivity (Wildman–Crippen MR) is 132 cm³/mol. The van der Waals surface area contributed by atoms with Crippen molar-refractivity contribution in [2.24, 2.45) is 0 Å². The number of carbonyl (C=O) groups excluding carboxylic acids is 1. The third kappa shape index (κ3) is 5.77. The number of sulfonamides is 1. The topological polar surface area (TPSA) is 94.2 Å². The van der Waals surface area contributed by atoms with Crippen molar-refractivity contribution in [1.29, 1.82) is 0 Å². The molecule has 0 fully saturated rings. The van der Waals surface area contributed by atoms with Crippen LogP contribution in [-0.4, -0.2) is 42.2 Å². The quantitative estimate of drug-likeness (QED) is 0.440. The van der Waals surface area contributed by atoms with E-state index in [1.165, 1.54) is 45.6 Å². The summed E-state index contributed by atoms with van der Waals surface area (Å²) in [5, 5.41) is 2.38. The number of nitrogens with one attached hydrogen (secondary N) is 1.